The summed E-state index contributed by atoms with van der Waals surface area (Å²) in [6.07, 6.45) is 3.83. The molecule has 4 nitrogen and oxygen atoms in total. The fourth-order valence-corrected chi connectivity index (χ4v) is 2.35. The van der Waals surface area contributed by atoms with Gasteiger partial charge >= 0.3 is 0 Å². The number of aliphatic hydroxyl groups excluding tert-OH is 1. The van der Waals surface area contributed by atoms with Crippen molar-refractivity contribution in [3.8, 4) is 0 Å². The van der Waals surface area contributed by atoms with E-state index in [1.165, 1.54) is 0 Å². The van der Waals surface area contributed by atoms with Gasteiger partial charge in [0.05, 0.1) is 12.2 Å². The Hall–Kier alpha value is -1.13. The highest BCUT2D eigenvalue weighted by molar-refractivity contribution is 5.42. The summed E-state index contributed by atoms with van der Waals surface area (Å²) in [4.78, 5) is 6.66. The van der Waals surface area contributed by atoms with Crippen molar-refractivity contribution in [3.05, 3.63) is 23.9 Å². The number of aliphatic hydroxyl groups is 1. The van der Waals surface area contributed by atoms with Gasteiger partial charge in [-0.05, 0) is 44.4 Å². The fourth-order valence-electron chi connectivity index (χ4n) is 2.35. The predicted octanol–water partition coefficient (Wildman–Crippen LogP) is 2.14. The number of nitrogens with zero attached hydrogens (tertiary/aromatic N) is 2. The molecule has 0 aromatic carbocycles. The van der Waals surface area contributed by atoms with Crippen LogP contribution >= 0.6 is 0 Å². The molecule has 1 aliphatic heterocycles. The van der Waals surface area contributed by atoms with E-state index in [2.05, 4.69) is 9.88 Å². The van der Waals surface area contributed by atoms with Gasteiger partial charge in [-0.1, -0.05) is 0 Å². The van der Waals surface area contributed by atoms with Crippen LogP contribution in [0.2, 0.25) is 0 Å². The molecule has 1 aromatic rings. The van der Waals surface area contributed by atoms with Crippen LogP contribution in [0.4, 0.5) is 5.82 Å². The Morgan fingerprint density at radius 2 is 2.22 bits per heavy atom. The Morgan fingerprint density at radius 1 is 1.50 bits per heavy atom. The van der Waals surface area contributed by atoms with E-state index in [9.17, 15) is 5.11 Å². The van der Waals surface area contributed by atoms with E-state index in [-0.39, 0.29) is 0 Å². The van der Waals surface area contributed by atoms with Crippen molar-refractivity contribution in [1.82, 2.24) is 4.98 Å². The van der Waals surface area contributed by atoms with Gasteiger partial charge in [0, 0.05) is 25.9 Å². The van der Waals surface area contributed by atoms with Crippen LogP contribution in [-0.2, 0) is 4.74 Å². The van der Waals surface area contributed by atoms with E-state index in [1.54, 1.807) is 13.1 Å². The monoisotopic (exact) mass is 250 g/mol. The standard InChI is InChI=1S/C14H22N2O2/c1-3-18-13-5-8-16(9-6-13)14-10-12(11(2)17)4-7-15-14/h4,7,10-11,13,17H,3,5-6,8-9H2,1-2H3/t11-/m1/s1. The molecule has 0 saturated carbocycles. The molecule has 0 spiro atoms. The van der Waals surface area contributed by atoms with Crippen LogP contribution in [0, 0.1) is 0 Å². The number of piperidine rings is 1. The molecular formula is C14H22N2O2. The van der Waals surface area contributed by atoms with Gasteiger partial charge in [0.15, 0.2) is 0 Å². The van der Waals surface area contributed by atoms with E-state index < -0.39 is 6.10 Å². The van der Waals surface area contributed by atoms with Crippen molar-refractivity contribution in [3.63, 3.8) is 0 Å². The Bertz CT molecular complexity index is 374. The summed E-state index contributed by atoms with van der Waals surface area (Å²) in [5, 5.41) is 9.59. The van der Waals surface area contributed by atoms with Gasteiger partial charge < -0.3 is 14.7 Å². The lowest BCUT2D eigenvalue weighted by Gasteiger charge is -2.32. The first-order valence-corrected chi connectivity index (χ1v) is 6.71. The normalized spacial score (nSPS) is 18.9. The third-order valence-corrected chi connectivity index (χ3v) is 3.42. The van der Waals surface area contributed by atoms with Gasteiger partial charge in [-0.25, -0.2) is 4.98 Å². The van der Waals surface area contributed by atoms with Crippen LogP contribution in [0.25, 0.3) is 0 Å². The van der Waals surface area contributed by atoms with E-state index in [1.807, 2.05) is 19.1 Å². The molecule has 1 aliphatic rings. The molecule has 0 radical (unpaired) electrons. The predicted molar refractivity (Wildman–Crippen MR) is 71.7 cm³/mol. The van der Waals surface area contributed by atoms with Crippen molar-refractivity contribution >= 4 is 5.82 Å². The molecule has 1 fully saturated rings. The Kier molecular flexibility index (Phi) is 4.55. The molecule has 2 heterocycles. The molecule has 1 N–H and O–H groups in total. The average Bonchev–Trinajstić information content (AvgIpc) is 2.40. The summed E-state index contributed by atoms with van der Waals surface area (Å²) in [6.45, 7) is 6.56. The first-order chi connectivity index (χ1) is 8.70. The second-order valence-corrected chi connectivity index (χ2v) is 4.77. The number of rotatable bonds is 4. The van der Waals surface area contributed by atoms with Gasteiger partial charge in [-0.3, -0.25) is 0 Å². The Morgan fingerprint density at radius 3 is 2.83 bits per heavy atom. The third kappa shape index (κ3) is 3.21. The Labute approximate surface area is 109 Å². The molecular weight excluding hydrogens is 228 g/mol. The van der Waals surface area contributed by atoms with Crippen LogP contribution in [0.5, 0.6) is 0 Å². The highest BCUT2D eigenvalue weighted by atomic mass is 16.5. The zero-order valence-electron chi connectivity index (χ0n) is 11.2. The molecule has 0 bridgehead atoms. The number of aromatic nitrogens is 1. The van der Waals surface area contributed by atoms with E-state index in [0.717, 1.165) is 43.9 Å². The maximum absolute atomic E-state index is 9.59. The average molecular weight is 250 g/mol. The summed E-state index contributed by atoms with van der Waals surface area (Å²) in [5.74, 6) is 0.961. The highest BCUT2D eigenvalue weighted by Crippen LogP contribution is 2.22. The topological polar surface area (TPSA) is 45.6 Å². The summed E-state index contributed by atoms with van der Waals surface area (Å²) in [5.41, 5.74) is 0.923. The van der Waals surface area contributed by atoms with Crippen LogP contribution < -0.4 is 4.90 Å². The van der Waals surface area contributed by atoms with Crippen molar-refractivity contribution < 1.29 is 9.84 Å². The van der Waals surface area contributed by atoms with Gasteiger partial charge in [-0.15, -0.1) is 0 Å². The molecule has 1 saturated heterocycles. The first-order valence-electron chi connectivity index (χ1n) is 6.71. The van der Waals surface area contributed by atoms with E-state index in [0.29, 0.717) is 6.10 Å². The van der Waals surface area contributed by atoms with E-state index >= 15 is 0 Å². The molecule has 4 heteroatoms. The summed E-state index contributed by atoms with van der Waals surface area (Å²) in [7, 11) is 0. The summed E-state index contributed by atoms with van der Waals surface area (Å²) in [6, 6.07) is 3.84. The third-order valence-electron chi connectivity index (χ3n) is 3.42. The zero-order chi connectivity index (χ0) is 13.0. The minimum absolute atomic E-state index is 0.395. The summed E-state index contributed by atoms with van der Waals surface area (Å²) < 4.78 is 5.64. The molecule has 100 valence electrons. The minimum Gasteiger partial charge on any atom is -0.389 e. The molecule has 18 heavy (non-hydrogen) atoms. The quantitative estimate of drug-likeness (QED) is 0.889. The number of hydrogen-bond acceptors (Lipinski definition) is 4. The summed E-state index contributed by atoms with van der Waals surface area (Å²) >= 11 is 0. The van der Waals surface area contributed by atoms with Crippen LogP contribution in [-0.4, -0.2) is 35.9 Å². The Balaban J connectivity index is 1.98. The van der Waals surface area contributed by atoms with Crippen LogP contribution in [0.1, 0.15) is 38.4 Å². The first kappa shape index (κ1) is 13.3. The van der Waals surface area contributed by atoms with Gasteiger partial charge in [0.1, 0.15) is 5.82 Å². The van der Waals surface area contributed by atoms with Crippen molar-refractivity contribution in [2.75, 3.05) is 24.6 Å². The van der Waals surface area contributed by atoms with Crippen molar-refractivity contribution in [2.24, 2.45) is 0 Å². The SMILES string of the molecule is CCOC1CCN(c2cc([C@@H](C)O)ccn2)CC1. The number of hydrogen-bond donors (Lipinski definition) is 1. The lowest BCUT2D eigenvalue weighted by Crippen LogP contribution is -2.37. The smallest absolute Gasteiger partial charge is 0.128 e. The fraction of sp³-hybridized carbons (Fsp3) is 0.643. The van der Waals surface area contributed by atoms with E-state index in [4.69, 9.17) is 4.74 Å². The second kappa shape index (κ2) is 6.16. The van der Waals surface area contributed by atoms with Gasteiger partial charge in [0.25, 0.3) is 0 Å². The molecule has 1 aromatic heterocycles. The lowest BCUT2D eigenvalue weighted by atomic mass is 10.1. The minimum atomic E-state index is -0.437. The highest BCUT2D eigenvalue weighted by Gasteiger charge is 2.20. The van der Waals surface area contributed by atoms with Crippen LogP contribution in [0.15, 0.2) is 18.3 Å². The number of pyridine rings is 1. The molecule has 0 unspecified atom stereocenters. The number of anilines is 1. The zero-order valence-corrected chi connectivity index (χ0v) is 11.2. The largest absolute Gasteiger partial charge is 0.389 e. The number of ether oxygens (including phenoxy) is 1. The van der Waals surface area contributed by atoms with Crippen molar-refractivity contribution in [2.45, 2.75) is 38.9 Å². The molecule has 0 amide bonds. The molecule has 0 aliphatic carbocycles. The van der Waals surface area contributed by atoms with Gasteiger partial charge in [0.2, 0.25) is 0 Å². The second-order valence-electron chi connectivity index (χ2n) is 4.77. The maximum atomic E-state index is 9.59. The lowest BCUT2D eigenvalue weighted by molar-refractivity contribution is 0.0458. The molecule has 1 atom stereocenters. The van der Waals surface area contributed by atoms with Crippen molar-refractivity contribution in [1.29, 1.82) is 0 Å². The van der Waals surface area contributed by atoms with Crippen LogP contribution in [0.3, 0.4) is 0 Å². The molecule has 2 rings (SSSR count). The van der Waals surface area contributed by atoms with Gasteiger partial charge in [-0.2, -0.15) is 0 Å². The maximum Gasteiger partial charge on any atom is 0.128 e.